The molecule has 0 spiro atoms. The van der Waals surface area contributed by atoms with Crippen molar-refractivity contribution in [3.63, 3.8) is 0 Å². The zero-order valence-electron chi connectivity index (χ0n) is 10.0. The molecule has 4 nitrogen and oxygen atoms in total. The lowest BCUT2D eigenvalue weighted by Gasteiger charge is -2.13. The van der Waals surface area contributed by atoms with E-state index in [-0.39, 0.29) is 11.9 Å². The molecule has 0 bridgehead atoms. The number of benzene rings is 1. The fourth-order valence-corrected chi connectivity index (χ4v) is 2.41. The first-order valence-electron chi connectivity index (χ1n) is 5.57. The summed E-state index contributed by atoms with van der Waals surface area (Å²) >= 11 is 1.61. The van der Waals surface area contributed by atoms with E-state index in [9.17, 15) is 4.79 Å². The smallest absolute Gasteiger partial charge is 0.253 e. The van der Waals surface area contributed by atoms with E-state index in [2.05, 4.69) is 5.32 Å². The standard InChI is InChI=1S/C13H15N3OS/c1-8(12-3-2-6-18-12)16-13(17)10-5-4-9(14)7-11(10)15/h2-8H,14-15H2,1H3,(H,16,17). The average molecular weight is 261 g/mol. The van der Waals surface area contributed by atoms with Crippen molar-refractivity contribution in [3.05, 3.63) is 46.2 Å². The summed E-state index contributed by atoms with van der Waals surface area (Å²) in [5.41, 5.74) is 12.8. The van der Waals surface area contributed by atoms with Gasteiger partial charge in [0.25, 0.3) is 5.91 Å². The Labute approximate surface area is 110 Å². The molecule has 0 aliphatic carbocycles. The van der Waals surface area contributed by atoms with E-state index in [0.717, 1.165) is 4.88 Å². The van der Waals surface area contributed by atoms with E-state index in [1.807, 2.05) is 24.4 Å². The lowest BCUT2D eigenvalue weighted by Crippen LogP contribution is -2.26. The van der Waals surface area contributed by atoms with E-state index in [0.29, 0.717) is 16.9 Å². The Bertz CT molecular complexity index is 551. The minimum atomic E-state index is -0.187. The summed E-state index contributed by atoms with van der Waals surface area (Å²) in [4.78, 5) is 13.2. The molecule has 2 aromatic rings. The summed E-state index contributed by atoms with van der Waals surface area (Å²) in [5.74, 6) is -0.187. The quantitative estimate of drug-likeness (QED) is 0.742. The number of thiophene rings is 1. The van der Waals surface area contributed by atoms with Crippen LogP contribution >= 0.6 is 11.3 Å². The largest absolute Gasteiger partial charge is 0.399 e. The number of amides is 1. The number of carbonyl (C=O) groups is 1. The van der Waals surface area contributed by atoms with Crippen molar-refractivity contribution in [1.29, 1.82) is 0 Å². The number of hydrogen-bond donors (Lipinski definition) is 3. The molecule has 5 N–H and O–H groups in total. The summed E-state index contributed by atoms with van der Waals surface area (Å²) in [7, 11) is 0. The molecule has 1 aromatic carbocycles. The molecule has 94 valence electrons. The number of anilines is 2. The van der Waals surface area contributed by atoms with Gasteiger partial charge in [0.05, 0.1) is 11.6 Å². The van der Waals surface area contributed by atoms with Gasteiger partial charge < -0.3 is 16.8 Å². The first-order chi connectivity index (χ1) is 8.58. The monoisotopic (exact) mass is 261 g/mol. The minimum Gasteiger partial charge on any atom is -0.399 e. The molecular weight excluding hydrogens is 246 g/mol. The van der Waals surface area contributed by atoms with Gasteiger partial charge in [-0.15, -0.1) is 11.3 Å². The fraction of sp³-hybridized carbons (Fsp3) is 0.154. The number of nitrogens with one attached hydrogen (secondary N) is 1. The summed E-state index contributed by atoms with van der Waals surface area (Å²) < 4.78 is 0. The molecule has 0 saturated heterocycles. The average Bonchev–Trinajstić information content (AvgIpc) is 2.81. The van der Waals surface area contributed by atoms with Crippen LogP contribution in [0.2, 0.25) is 0 Å². The molecule has 1 amide bonds. The zero-order chi connectivity index (χ0) is 13.1. The van der Waals surface area contributed by atoms with Crippen LogP contribution in [-0.2, 0) is 0 Å². The van der Waals surface area contributed by atoms with Crippen LogP contribution in [0.5, 0.6) is 0 Å². The predicted molar refractivity (Wildman–Crippen MR) is 75.5 cm³/mol. The molecule has 1 unspecified atom stereocenters. The van der Waals surface area contributed by atoms with Gasteiger partial charge in [-0.3, -0.25) is 4.79 Å². The SMILES string of the molecule is CC(NC(=O)c1ccc(N)cc1N)c1cccs1. The summed E-state index contributed by atoms with van der Waals surface area (Å²) in [6.45, 7) is 1.94. The number of hydrogen-bond acceptors (Lipinski definition) is 4. The van der Waals surface area contributed by atoms with E-state index in [1.54, 1.807) is 29.5 Å². The maximum absolute atomic E-state index is 12.1. The van der Waals surface area contributed by atoms with E-state index in [4.69, 9.17) is 11.5 Å². The van der Waals surface area contributed by atoms with Crippen LogP contribution in [0.25, 0.3) is 0 Å². The van der Waals surface area contributed by atoms with Gasteiger partial charge in [-0.05, 0) is 36.6 Å². The zero-order valence-corrected chi connectivity index (χ0v) is 10.8. The number of nitrogen functional groups attached to an aromatic ring is 2. The molecule has 1 heterocycles. The Morgan fingerprint density at radius 1 is 1.33 bits per heavy atom. The molecule has 1 aromatic heterocycles. The molecule has 0 radical (unpaired) electrons. The van der Waals surface area contributed by atoms with Gasteiger partial charge in [0.1, 0.15) is 0 Å². The highest BCUT2D eigenvalue weighted by atomic mass is 32.1. The molecule has 1 atom stereocenters. The molecular formula is C13H15N3OS. The lowest BCUT2D eigenvalue weighted by atomic mass is 10.1. The van der Waals surface area contributed by atoms with Crippen molar-refractivity contribution in [2.75, 3.05) is 11.5 Å². The maximum atomic E-state index is 12.1. The van der Waals surface area contributed by atoms with Crippen molar-refractivity contribution < 1.29 is 4.79 Å². The second-order valence-corrected chi connectivity index (χ2v) is 5.04. The van der Waals surface area contributed by atoms with Crippen LogP contribution < -0.4 is 16.8 Å². The topological polar surface area (TPSA) is 81.1 Å². The third kappa shape index (κ3) is 2.62. The third-order valence-corrected chi connectivity index (χ3v) is 3.69. The second-order valence-electron chi connectivity index (χ2n) is 4.06. The molecule has 0 saturated carbocycles. The number of nitrogens with two attached hydrogens (primary N) is 2. The molecule has 2 rings (SSSR count). The Morgan fingerprint density at radius 2 is 2.11 bits per heavy atom. The molecule has 0 aliphatic rings. The summed E-state index contributed by atoms with van der Waals surface area (Å²) in [6, 6.07) is 8.81. The normalized spacial score (nSPS) is 12.1. The second kappa shape index (κ2) is 5.10. The lowest BCUT2D eigenvalue weighted by molar-refractivity contribution is 0.0941. The first kappa shape index (κ1) is 12.4. The van der Waals surface area contributed by atoms with E-state index >= 15 is 0 Å². The predicted octanol–water partition coefficient (Wildman–Crippen LogP) is 2.40. The van der Waals surface area contributed by atoms with Crippen LogP contribution in [0.4, 0.5) is 11.4 Å². The summed E-state index contributed by atoms with van der Waals surface area (Å²) in [5, 5.41) is 4.89. The number of carbonyl (C=O) groups excluding carboxylic acids is 1. The van der Waals surface area contributed by atoms with Crippen LogP contribution in [0, 0.1) is 0 Å². The van der Waals surface area contributed by atoms with Gasteiger partial charge in [-0.2, -0.15) is 0 Å². The van der Waals surface area contributed by atoms with Gasteiger partial charge >= 0.3 is 0 Å². The Balaban J connectivity index is 2.12. The maximum Gasteiger partial charge on any atom is 0.253 e. The van der Waals surface area contributed by atoms with E-state index in [1.165, 1.54) is 0 Å². The van der Waals surface area contributed by atoms with Crippen LogP contribution in [0.15, 0.2) is 35.7 Å². The Morgan fingerprint density at radius 3 is 2.72 bits per heavy atom. The first-order valence-corrected chi connectivity index (χ1v) is 6.45. The molecule has 18 heavy (non-hydrogen) atoms. The van der Waals surface area contributed by atoms with Gasteiger partial charge in [0.15, 0.2) is 0 Å². The molecule has 0 fully saturated rings. The van der Waals surface area contributed by atoms with Crippen molar-refractivity contribution in [2.45, 2.75) is 13.0 Å². The summed E-state index contributed by atoms with van der Waals surface area (Å²) in [6.07, 6.45) is 0. The molecule has 0 aliphatic heterocycles. The van der Waals surface area contributed by atoms with E-state index < -0.39 is 0 Å². The van der Waals surface area contributed by atoms with Crippen molar-refractivity contribution in [1.82, 2.24) is 5.32 Å². The van der Waals surface area contributed by atoms with Gasteiger partial charge in [0.2, 0.25) is 0 Å². The third-order valence-electron chi connectivity index (χ3n) is 2.64. The van der Waals surface area contributed by atoms with Gasteiger partial charge in [-0.1, -0.05) is 6.07 Å². The highest BCUT2D eigenvalue weighted by Crippen LogP contribution is 2.20. The highest BCUT2D eigenvalue weighted by Gasteiger charge is 2.14. The highest BCUT2D eigenvalue weighted by molar-refractivity contribution is 7.10. The van der Waals surface area contributed by atoms with Gasteiger partial charge in [0, 0.05) is 16.3 Å². The number of rotatable bonds is 3. The van der Waals surface area contributed by atoms with Gasteiger partial charge in [-0.25, -0.2) is 0 Å². The van der Waals surface area contributed by atoms with Crippen molar-refractivity contribution in [2.24, 2.45) is 0 Å². The Kier molecular flexibility index (Phi) is 3.53. The minimum absolute atomic E-state index is 0.0329. The molecule has 5 heteroatoms. The van der Waals surface area contributed by atoms with Crippen molar-refractivity contribution in [3.8, 4) is 0 Å². The fourth-order valence-electron chi connectivity index (χ4n) is 1.67. The Hall–Kier alpha value is -2.01. The van der Waals surface area contributed by atoms with Crippen molar-refractivity contribution >= 4 is 28.6 Å². The van der Waals surface area contributed by atoms with Crippen LogP contribution in [-0.4, -0.2) is 5.91 Å². The van der Waals surface area contributed by atoms with Crippen LogP contribution in [0.3, 0.4) is 0 Å². The van der Waals surface area contributed by atoms with Crippen LogP contribution in [0.1, 0.15) is 28.2 Å².